The predicted molar refractivity (Wildman–Crippen MR) is 89.6 cm³/mol. The largest absolute Gasteiger partial charge is 0.493 e. The van der Waals surface area contributed by atoms with Crippen molar-refractivity contribution in [3.63, 3.8) is 0 Å². The Morgan fingerprint density at radius 2 is 2.05 bits per heavy atom. The van der Waals surface area contributed by atoms with Crippen molar-refractivity contribution < 1.29 is 14.3 Å². The van der Waals surface area contributed by atoms with Gasteiger partial charge in [-0.3, -0.25) is 4.79 Å². The number of hydrogen-bond acceptors (Lipinski definition) is 3. The molecule has 0 radical (unpaired) electrons. The summed E-state index contributed by atoms with van der Waals surface area (Å²) in [6.45, 7) is 0.425. The monoisotopic (exact) mass is 446 g/mol. The van der Waals surface area contributed by atoms with Gasteiger partial charge in [0.2, 0.25) is 0 Å². The van der Waals surface area contributed by atoms with Crippen LogP contribution in [0.1, 0.15) is 15.9 Å². The molecule has 3 nitrogen and oxygen atoms in total. The molecule has 0 amide bonds. The van der Waals surface area contributed by atoms with Crippen molar-refractivity contribution in [3.8, 4) is 11.5 Å². The maximum Gasteiger partial charge on any atom is 0.174 e. The van der Waals surface area contributed by atoms with Crippen LogP contribution < -0.4 is 9.47 Å². The van der Waals surface area contributed by atoms with E-state index in [0.29, 0.717) is 23.7 Å². The van der Waals surface area contributed by atoms with Crippen LogP contribution in [0.5, 0.6) is 11.5 Å². The Bertz CT molecular complexity index is 629. The molecule has 104 valence electrons. The Hall–Kier alpha value is -1.08. The van der Waals surface area contributed by atoms with Crippen LogP contribution in [0.4, 0.5) is 0 Å². The molecule has 0 fully saturated rings. The summed E-state index contributed by atoms with van der Waals surface area (Å²) in [5, 5.41) is 0. The lowest BCUT2D eigenvalue weighted by Gasteiger charge is -2.13. The average Bonchev–Trinajstić information content (AvgIpc) is 2.46. The van der Waals surface area contributed by atoms with Crippen LogP contribution in [-0.2, 0) is 6.61 Å². The number of hydrogen-bond donors (Lipinski definition) is 0. The lowest BCUT2D eigenvalue weighted by atomic mass is 10.2. The van der Waals surface area contributed by atoms with Crippen LogP contribution in [0.3, 0.4) is 0 Å². The van der Waals surface area contributed by atoms with Gasteiger partial charge in [-0.1, -0.05) is 34.1 Å². The fourth-order valence-electron chi connectivity index (χ4n) is 1.71. The first-order valence-corrected chi connectivity index (χ1v) is 7.71. The van der Waals surface area contributed by atoms with Crippen molar-refractivity contribution in [2.24, 2.45) is 0 Å². The van der Waals surface area contributed by atoms with E-state index < -0.39 is 0 Å². The second kappa shape index (κ2) is 7.08. The zero-order valence-electron chi connectivity index (χ0n) is 10.7. The van der Waals surface area contributed by atoms with Gasteiger partial charge in [0.15, 0.2) is 11.5 Å². The Morgan fingerprint density at radius 3 is 2.70 bits per heavy atom. The summed E-state index contributed by atoms with van der Waals surface area (Å²) in [5.41, 5.74) is 1.62. The van der Waals surface area contributed by atoms with Gasteiger partial charge in [0.05, 0.1) is 10.7 Å². The van der Waals surface area contributed by atoms with Crippen LogP contribution in [0.15, 0.2) is 40.9 Å². The topological polar surface area (TPSA) is 35.5 Å². The van der Waals surface area contributed by atoms with E-state index in [-0.39, 0.29) is 0 Å². The Labute approximate surface area is 139 Å². The number of halogens is 2. The molecule has 0 saturated carbocycles. The van der Waals surface area contributed by atoms with Gasteiger partial charge in [0.1, 0.15) is 12.9 Å². The van der Waals surface area contributed by atoms with E-state index in [1.54, 1.807) is 19.2 Å². The van der Waals surface area contributed by atoms with Gasteiger partial charge in [-0.25, -0.2) is 0 Å². The molecule has 0 aliphatic carbocycles. The highest BCUT2D eigenvalue weighted by Crippen LogP contribution is 2.34. The Kier molecular flexibility index (Phi) is 5.42. The molecule has 5 heteroatoms. The molecule has 0 unspecified atom stereocenters. The number of rotatable bonds is 5. The number of carbonyl (C=O) groups is 1. The molecule has 0 saturated heterocycles. The van der Waals surface area contributed by atoms with E-state index in [4.69, 9.17) is 9.47 Å². The molecule has 0 heterocycles. The first kappa shape index (κ1) is 15.3. The summed E-state index contributed by atoms with van der Waals surface area (Å²) < 4.78 is 13.0. The SMILES string of the molecule is COc1cc(C=O)cc(I)c1OCc1ccccc1Br. The van der Waals surface area contributed by atoms with Crippen LogP contribution in [-0.4, -0.2) is 13.4 Å². The molecule has 0 aliphatic heterocycles. The zero-order valence-corrected chi connectivity index (χ0v) is 14.5. The third-order valence-corrected chi connectivity index (χ3v) is 4.29. The molecule has 2 rings (SSSR count). The molecule has 0 N–H and O–H groups in total. The first-order chi connectivity index (χ1) is 9.65. The van der Waals surface area contributed by atoms with E-state index >= 15 is 0 Å². The van der Waals surface area contributed by atoms with E-state index in [2.05, 4.69) is 38.5 Å². The van der Waals surface area contributed by atoms with Crippen molar-refractivity contribution in [3.05, 3.63) is 55.6 Å². The van der Waals surface area contributed by atoms with Crippen LogP contribution in [0.2, 0.25) is 0 Å². The van der Waals surface area contributed by atoms with Crippen molar-refractivity contribution in [1.29, 1.82) is 0 Å². The predicted octanol–water partition coefficient (Wildman–Crippen LogP) is 4.45. The molecular formula is C15H12BrIO3. The van der Waals surface area contributed by atoms with E-state index in [1.807, 2.05) is 24.3 Å². The summed E-state index contributed by atoms with van der Waals surface area (Å²) in [4.78, 5) is 10.9. The van der Waals surface area contributed by atoms with E-state index in [1.165, 1.54) is 0 Å². The smallest absolute Gasteiger partial charge is 0.174 e. The van der Waals surface area contributed by atoms with Crippen LogP contribution in [0, 0.1) is 3.57 Å². The average molecular weight is 447 g/mol. The maximum absolute atomic E-state index is 10.9. The molecule has 0 bridgehead atoms. The summed E-state index contributed by atoms with van der Waals surface area (Å²) in [5.74, 6) is 1.21. The molecule has 2 aromatic rings. The summed E-state index contributed by atoms with van der Waals surface area (Å²) >= 11 is 5.62. The van der Waals surface area contributed by atoms with Gasteiger partial charge in [0, 0.05) is 15.6 Å². The van der Waals surface area contributed by atoms with Gasteiger partial charge >= 0.3 is 0 Å². The fourth-order valence-corrected chi connectivity index (χ4v) is 2.89. The second-order valence-electron chi connectivity index (χ2n) is 4.03. The van der Waals surface area contributed by atoms with E-state index in [9.17, 15) is 4.79 Å². The van der Waals surface area contributed by atoms with Crippen molar-refractivity contribution >= 4 is 44.8 Å². The summed E-state index contributed by atoms with van der Waals surface area (Å²) in [6, 6.07) is 11.3. The van der Waals surface area contributed by atoms with E-state index in [0.717, 1.165) is 19.9 Å². The normalized spacial score (nSPS) is 10.2. The Morgan fingerprint density at radius 1 is 1.30 bits per heavy atom. The number of aldehydes is 1. The number of methoxy groups -OCH3 is 1. The molecule has 0 spiro atoms. The standard InChI is InChI=1S/C15H12BrIO3/c1-19-14-7-10(8-18)6-13(17)15(14)20-9-11-4-2-3-5-12(11)16/h2-8H,9H2,1H3. The van der Waals surface area contributed by atoms with Gasteiger partial charge in [-0.15, -0.1) is 0 Å². The van der Waals surface area contributed by atoms with Gasteiger partial charge < -0.3 is 9.47 Å². The maximum atomic E-state index is 10.9. The van der Waals surface area contributed by atoms with Crippen LogP contribution in [0.25, 0.3) is 0 Å². The van der Waals surface area contributed by atoms with Crippen molar-refractivity contribution in [1.82, 2.24) is 0 Å². The minimum absolute atomic E-state index is 0.425. The fraction of sp³-hybridized carbons (Fsp3) is 0.133. The minimum atomic E-state index is 0.425. The third kappa shape index (κ3) is 3.52. The molecule has 20 heavy (non-hydrogen) atoms. The molecular weight excluding hydrogens is 435 g/mol. The Balaban J connectivity index is 2.25. The van der Waals surface area contributed by atoms with Crippen LogP contribution >= 0.6 is 38.5 Å². The van der Waals surface area contributed by atoms with Gasteiger partial charge in [-0.05, 0) is 40.8 Å². The molecule has 2 aromatic carbocycles. The first-order valence-electron chi connectivity index (χ1n) is 5.84. The quantitative estimate of drug-likeness (QED) is 0.502. The van der Waals surface area contributed by atoms with Crippen molar-refractivity contribution in [2.75, 3.05) is 7.11 Å². The number of ether oxygens (including phenoxy) is 2. The third-order valence-electron chi connectivity index (χ3n) is 2.72. The number of carbonyl (C=O) groups excluding carboxylic acids is 1. The highest BCUT2D eigenvalue weighted by atomic mass is 127. The molecule has 0 aromatic heterocycles. The summed E-state index contributed by atoms with van der Waals surface area (Å²) in [7, 11) is 1.56. The lowest BCUT2D eigenvalue weighted by molar-refractivity contribution is 0.112. The van der Waals surface area contributed by atoms with Gasteiger partial charge in [0.25, 0.3) is 0 Å². The molecule has 0 aliphatic rings. The highest BCUT2D eigenvalue weighted by molar-refractivity contribution is 14.1. The second-order valence-corrected chi connectivity index (χ2v) is 6.05. The minimum Gasteiger partial charge on any atom is -0.493 e. The number of benzene rings is 2. The lowest BCUT2D eigenvalue weighted by Crippen LogP contribution is -2.01. The summed E-state index contributed by atoms with van der Waals surface area (Å²) in [6.07, 6.45) is 0.794. The van der Waals surface area contributed by atoms with Gasteiger partial charge in [-0.2, -0.15) is 0 Å². The highest BCUT2D eigenvalue weighted by Gasteiger charge is 2.12. The zero-order chi connectivity index (χ0) is 14.5. The van der Waals surface area contributed by atoms with Crippen molar-refractivity contribution in [2.45, 2.75) is 6.61 Å². The molecule has 0 atom stereocenters.